The first-order valence-corrected chi connectivity index (χ1v) is 12.7. The molecule has 1 amide bonds. The first-order chi connectivity index (χ1) is 14.1. The second-order valence-electron chi connectivity index (χ2n) is 8.51. The third-order valence-corrected chi connectivity index (χ3v) is 8.02. The highest BCUT2D eigenvalue weighted by Gasteiger charge is 2.33. The van der Waals surface area contributed by atoms with Gasteiger partial charge in [0.25, 0.3) is 0 Å². The van der Waals surface area contributed by atoms with Gasteiger partial charge in [0.1, 0.15) is 5.60 Å². The minimum absolute atomic E-state index is 0.112. The number of carbonyl (C=O) groups is 1. The predicted octanol–water partition coefficient (Wildman–Crippen LogP) is 2.95. The van der Waals surface area contributed by atoms with E-state index in [1.54, 1.807) is 27.8 Å². The topological polar surface area (TPSA) is 101 Å². The number of ether oxygens (including phenoxy) is 1. The number of rotatable bonds is 6. The molecule has 0 radical (unpaired) electrons. The van der Waals surface area contributed by atoms with Crippen LogP contribution in [0.2, 0.25) is 0 Å². The summed E-state index contributed by atoms with van der Waals surface area (Å²) in [6.45, 7) is 6.02. The predicted molar refractivity (Wildman–Crippen MR) is 110 cm³/mol. The van der Waals surface area contributed by atoms with Crippen LogP contribution in [0.15, 0.2) is 34.1 Å². The molecule has 0 bridgehead atoms. The standard InChI is InChI=1S/C19H28F2N2O6S2/c1-19(2,3)29-18(24)22(4)12-14-6-5-11-23(13-14)31(27,28)16-9-7-15(8-10-16)30(25,26)17(20)21/h7-10,14,17H,5-6,11-13H2,1-4H3/t14-/m0/s1. The molecule has 0 aromatic heterocycles. The third kappa shape index (κ3) is 6.36. The van der Waals surface area contributed by atoms with E-state index in [9.17, 15) is 30.4 Å². The molecule has 12 heteroatoms. The third-order valence-electron chi connectivity index (χ3n) is 4.74. The molecule has 1 aliphatic heterocycles. The fraction of sp³-hybridized carbons (Fsp3) is 0.632. The molecule has 2 rings (SSSR count). The Balaban J connectivity index is 2.11. The molecule has 176 valence electrons. The second-order valence-corrected chi connectivity index (χ2v) is 12.4. The molecule has 1 fully saturated rings. The summed E-state index contributed by atoms with van der Waals surface area (Å²) < 4.78 is 80.9. The maximum Gasteiger partial charge on any atom is 0.410 e. The van der Waals surface area contributed by atoms with Crippen LogP contribution in [-0.4, -0.2) is 70.2 Å². The molecule has 1 saturated heterocycles. The minimum Gasteiger partial charge on any atom is -0.444 e. The number of hydrogen-bond acceptors (Lipinski definition) is 6. The smallest absolute Gasteiger partial charge is 0.410 e. The number of piperidine rings is 1. The fourth-order valence-electron chi connectivity index (χ4n) is 3.25. The van der Waals surface area contributed by atoms with Gasteiger partial charge in [-0.2, -0.15) is 13.1 Å². The van der Waals surface area contributed by atoms with E-state index < -0.39 is 42.2 Å². The number of hydrogen-bond donors (Lipinski definition) is 0. The van der Waals surface area contributed by atoms with Crippen LogP contribution in [0.1, 0.15) is 33.6 Å². The van der Waals surface area contributed by atoms with Gasteiger partial charge in [0.05, 0.1) is 9.79 Å². The van der Waals surface area contributed by atoms with Gasteiger partial charge in [0.15, 0.2) is 0 Å². The lowest BCUT2D eigenvalue weighted by atomic mass is 9.99. The molecular formula is C19H28F2N2O6S2. The maximum absolute atomic E-state index is 13.0. The Morgan fingerprint density at radius 1 is 1.16 bits per heavy atom. The summed E-state index contributed by atoms with van der Waals surface area (Å²) in [4.78, 5) is 12.8. The highest BCUT2D eigenvalue weighted by Crippen LogP contribution is 2.26. The van der Waals surface area contributed by atoms with E-state index in [2.05, 4.69) is 0 Å². The zero-order chi connectivity index (χ0) is 23.6. The van der Waals surface area contributed by atoms with Crippen molar-refractivity contribution >= 4 is 26.0 Å². The molecule has 0 N–H and O–H groups in total. The number of halogens is 2. The van der Waals surface area contributed by atoms with Crippen molar-refractivity contribution in [1.29, 1.82) is 0 Å². The number of amides is 1. The Morgan fingerprint density at radius 2 is 1.71 bits per heavy atom. The summed E-state index contributed by atoms with van der Waals surface area (Å²) >= 11 is 0. The number of carbonyl (C=O) groups excluding carboxylic acids is 1. The van der Waals surface area contributed by atoms with Crippen molar-refractivity contribution in [2.75, 3.05) is 26.7 Å². The molecule has 0 aliphatic carbocycles. The molecule has 1 atom stereocenters. The Hall–Kier alpha value is -1.79. The Morgan fingerprint density at radius 3 is 2.23 bits per heavy atom. The van der Waals surface area contributed by atoms with Crippen LogP contribution in [0, 0.1) is 5.92 Å². The Labute approximate surface area is 182 Å². The highest BCUT2D eigenvalue weighted by atomic mass is 32.2. The molecule has 1 aliphatic rings. The minimum atomic E-state index is -4.80. The number of sulfonamides is 1. The molecule has 1 heterocycles. The van der Waals surface area contributed by atoms with E-state index in [1.165, 1.54) is 9.21 Å². The van der Waals surface area contributed by atoms with Gasteiger partial charge in [-0.25, -0.2) is 21.6 Å². The summed E-state index contributed by atoms with van der Waals surface area (Å²) in [5.74, 6) is -3.70. The van der Waals surface area contributed by atoms with E-state index in [0.29, 0.717) is 13.0 Å². The van der Waals surface area contributed by atoms with Crippen LogP contribution < -0.4 is 0 Å². The van der Waals surface area contributed by atoms with Gasteiger partial charge < -0.3 is 9.64 Å². The average molecular weight is 483 g/mol. The van der Waals surface area contributed by atoms with Gasteiger partial charge in [-0.05, 0) is 63.8 Å². The number of benzene rings is 1. The van der Waals surface area contributed by atoms with E-state index in [4.69, 9.17) is 4.74 Å². The SMILES string of the molecule is CN(C[C@@H]1CCCN(S(=O)(=O)c2ccc(S(=O)(=O)C(F)F)cc2)C1)C(=O)OC(C)(C)C. The monoisotopic (exact) mass is 482 g/mol. The zero-order valence-corrected chi connectivity index (χ0v) is 19.5. The van der Waals surface area contributed by atoms with Crippen LogP contribution in [0.3, 0.4) is 0 Å². The van der Waals surface area contributed by atoms with Crippen molar-refractivity contribution in [2.24, 2.45) is 5.92 Å². The lowest BCUT2D eigenvalue weighted by Gasteiger charge is -2.34. The molecule has 0 saturated carbocycles. The van der Waals surface area contributed by atoms with E-state index in [0.717, 1.165) is 30.7 Å². The Bertz CT molecular complexity index is 989. The van der Waals surface area contributed by atoms with Crippen LogP contribution >= 0.6 is 0 Å². The van der Waals surface area contributed by atoms with Gasteiger partial charge in [-0.15, -0.1) is 0 Å². The van der Waals surface area contributed by atoms with E-state index in [-0.39, 0.29) is 23.9 Å². The molecule has 8 nitrogen and oxygen atoms in total. The van der Waals surface area contributed by atoms with Gasteiger partial charge in [-0.3, -0.25) is 0 Å². The van der Waals surface area contributed by atoms with Crippen molar-refractivity contribution in [1.82, 2.24) is 9.21 Å². The lowest BCUT2D eigenvalue weighted by molar-refractivity contribution is 0.0258. The van der Waals surface area contributed by atoms with Crippen LogP contribution in [0.5, 0.6) is 0 Å². The van der Waals surface area contributed by atoms with Crippen LogP contribution in [-0.2, 0) is 24.6 Å². The van der Waals surface area contributed by atoms with Crippen molar-refractivity contribution < 1.29 is 35.1 Å². The van der Waals surface area contributed by atoms with Crippen molar-refractivity contribution in [3.63, 3.8) is 0 Å². The summed E-state index contributed by atoms with van der Waals surface area (Å²) in [5.41, 5.74) is -0.642. The summed E-state index contributed by atoms with van der Waals surface area (Å²) in [7, 11) is -7.16. The summed E-state index contributed by atoms with van der Waals surface area (Å²) in [5, 5.41) is 0. The number of alkyl halides is 2. The zero-order valence-electron chi connectivity index (χ0n) is 17.9. The molecule has 0 unspecified atom stereocenters. The second kappa shape index (κ2) is 9.37. The molecule has 0 spiro atoms. The first-order valence-electron chi connectivity index (χ1n) is 9.71. The quantitative estimate of drug-likeness (QED) is 0.618. The van der Waals surface area contributed by atoms with E-state index in [1.807, 2.05) is 0 Å². The summed E-state index contributed by atoms with van der Waals surface area (Å²) in [6.07, 6.45) is 0.817. The van der Waals surface area contributed by atoms with Gasteiger partial charge in [0.2, 0.25) is 19.9 Å². The Kier molecular flexibility index (Phi) is 7.70. The largest absolute Gasteiger partial charge is 0.444 e. The normalized spacial score (nSPS) is 18.7. The van der Waals surface area contributed by atoms with Crippen molar-refractivity contribution in [3.05, 3.63) is 24.3 Å². The van der Waals surface area contributed by atoms with Crippen LogP contribution in [0.25, 0.3) is 0 Å². The molecule has 31 heavy (non-hydrogen) atoms. The molecule has 1 aromatic rings. The maximum atomic E-state index is 13.0. The first kappa shape index (κ1) is 25.5. The van der Waals surface area contributed by atoms with Crippen molar-refractivity contribution in [2.45, 2.75) is 54.8 Å². The van der Waals surface area contributed by atoms with Gasteiger partial charge in [0, 0.05) is 26.7 Å². The highest BCUT2D eigenvalue weighted by molar-refractivity contribution is 7.91. The number of nitrogens with zero attached hydrogens (tertiary/aromatic N) is 2. The van der Waals surface area contributed by atoms with E-state index >= 15 is 0 Å². The van der Waals surface area contributed by atoms with Crippen molar-refractivity contribution in [3.8, 4) is 0 Å². The van der Waals surface area contributed by atoms with Crippen LogP contribution in [0.4, 0.5) is 13.6 Å². The van der Waals surface area contributed by atoms with Gasteiger partial charge in [-0.1, -0.05) is 0 Å². The fourth-order valence-corrected chi connectivity index (χ4v) is 5.52. The molecular weight excluding hydrogens is 454 g/mol. The number of sulfone groups is 1. The summed E-state index contributed by atoms with van der Waals surface area (Å²) in [6, 6.07) is 3.76. The molecule has 1 aromatic carbocycles. The lowest BCUT2D eigenvalue weighted by Crippen LogP contribution is -2.44. The average Bonchev–Trinajstić information content (AvgIpc) is 2.66. The van der Waals surface area contributed by atoms with Gasteiger partial charge >= 0.3 is 11.9 Å².